The van der Waals surface area contributed by atoms with Crippen LogP contribution in [0.3, 0.4) is 0 Å². The van der Waals surface area contributed by atoms with Crippen LogP contribution in [0.15, 0.2) is 23.1 Å². The Kier molecular flexibility index (Phi) is 3.72. The molecule has 0 saturated heterocycles. The zero-order valence-electron chi connectivity index (χ0n) is 11.8. The molecule has 0 bridgehead atoms. The fraction of sp³-hybridized carbons (Fsp3) is 0.467. The van der Waals surface area contributed by atoms with Gasteiger partial charge in [-0.05, 0) is 32.9 Å². The number of carbonyl (C=O) groups is 2. The molecule has 1 aliphatic heterocycles. The molecule has 0 fully saturated rings. The molecular formula is C15H19NO2S. The van der Waals surface area contributed by atoms with Gasteiger partial charge in [-0.1, -0.05) is 13.0 Å². The molecule has 102 valence electrons. The van der Waals surface area contributed by atoms with Gasteiger partial charge in [-0.25, -0.2) is 0 Å². The third-order valence-corrected chi connectivity index (χ3v) is 4.58. The van der Waals surface area contributed by atoms with Crippen LogP contribution in [0.5, 0.6) is 0 Å². The molecule has 1 aliphatic rings. The van der Waals surface area contributed by atoms with Gasteiger partial charge >= 0.3 is 0 Å². The molecular weight excluding hydrogens is 258 g/mol. The molecule has 0 saturated carbocycles. The van der Waals surface area contributed by atoms with Crippen LogP contribution < -0.4 is 4.90 Å². The Balaban J connectivity index is 2.52. The zero-order chi connectivity index (χ0) is 14.2. The number of fused-ring (bicyclic) bond motifs is 1. The van der Waals surface area contributed by atoms with Gasteiger partial charge in [0.15, 0.2) is 5.78 Å². The molecule has 1 heterocycles. The summed E-state index contributed by atoms with van der Waals surface area (Å²) in [4.78, 5) is 27.0. The molecule has 1 aromatic carbocycles. The second-order valence-electron chi connectivity index (χ2n) is 5.12. The fourth-order valence-electron chi connectivity index (χ4n) is 2.26. The van der Waals surface area contributed by atoms with Gasteiger partial charge in [-0.15, -0.1) is 11.8 Å². The molecule has 0 radical (unpaired) electrons. The Morgan fingerprint density at radius 2 is 2.00 bits per heavy atom. The van der Waals surface area contributed by atoms with Crippen molar-refractivity contribution in [1.29, 1.82) is 0 Å². The average molecular weight is 277 g/mol. The third kappa shape index (κ3) is 2.41. The van der Waals surface area contributed by atoms with Gasteiger partial charge in [0.25, 0.3) is 0 Å². The Bertz CT molecular complexity index is 537. The summed E-state index contributed by atoms with van der Waals surface area (Å²) in [6, 6.07) is 5.67. The molecule has 0 spiro atoms. The van der Waals surface area contributed by atoms with Gasteiger partial charge in [0.05, 0.1) is 10.4 Å². The van der Waals surface area contributed by atoms with E-state index in [9.17, 15) is 9.59 Å². The van der Waals surface area contributed by atoms with Gasteiger partial charge < -0.3 is 4.90 Å². The van der Waals surface area contributed by atoms with E-state index in [0.29, 0.717) is 18.5 Å². The predicted octanol–water partition coefficient (Wildman–Crippen LogP) is 3.52. The molecule has 1 aromatic rings. The Morgan fingerprint density at radius 1 is 1.32 bits per heavy atom. The molecule has 0 atom stereocenters. The van der Waals surface area contributed by atoms with Crippen molar-refractivity contribution in [3.63, 3.8) is 0 Å². The van der Waals surface area contributed by atoms with E-state index in [1.807, 2.05) is 45.9 Å². The maximum absolute atomic E-state index is 12.4. The van der Waals surface area contributed by atoms with Crippen LogP contribution in [0.25, 0.3) is 0 Å². The lowest BCUT2D eigenvalue weighted by Crippen LogP contribution is -2.46. The van der Waals surface area contributed by atoms with Crippen molar-refractivity contribution in [3.05, 3.63) is 23.8 Å². The number of rotatable bonds is 3. The van der Waals surface area contributed by atoms with Crippen molar-refractivity contribution in [2.45, 2.75) is 43.8 Å². The van der Waals surface area contributed by atoms with Crippen LogP contribution in [0.1, 0.15) is 44.5 Å². The molecule has 0 aliphatic carbocycles. The summed E-state index contributed by atoms with van der Waals surface area (Å²) < 4.78 is -0.445. The zero-order valence-corrected chi connectivity index (χ0v) is 12.6. The first-order chi connectivity index (χ1) is 8.90. The summed E-state index contributed by atoms with van der Waals surface area (Å²) >= 11 is 1.57. The minimum absolute atomic E-state index is 0.105. The van der Waals surface area contributed by atoms with Crippen molar-refractivity contribution in [2.24, 2.45) is 0 Å². The number of benzene rings is 1. The van der Waals surface area contributed by atoms with Gasteiger partial charge in [0.1, 0.15) is 0 Å². The monoisotopic (exact) mass is 277 g/mol. The van der Waals surface area contributed by atoms with E-state index < -0.39 is 4.75 Å². The topological polar surface area (TPSA) is 37.4 Å². The SMILES string of the molecule is CCC(=O)c1ccc2c(c1)N(CC)C(=O)C(C)(C)S2. The van der Waals surface area contributed by atoms with Crippen molar-refractivity contribution < 1.29 is 9.59 Å². The van der Waals surface area contributed by atoms with Crippen LogP contribution >= 0.6 is 11.8 Å². The number of ketones is 1. The largest absolute Gasteiger partial charge is 0.310 e. The quantitative estimate of drug-likeness (QED) is 0.793. The molecule has 3 nitrogen and oxygen atoms in total. The summed E-state index contributed by atoms with van der Waals surface area (Å²) in [5.41, 5.74) is 1.56. The minimum Gasteiger partial charge on any atom is -0.310 e. The van der Waals surface area contributed by atoms with Crippen LogP contribution in [0.2, 0.25) is 0 Å². The van der Waals surface area contributed by atoms with Crippen LogP contribution in [-0.4, -0.2) is 23.0 Å². The minimum atomic E-state index is -0.445. The molecule has 2 rings (SSSR count). The highest BCUT2D eigenvalue weighted by Gasteiger charge is 2.39. The van der Waals surface area contributed by atoms with Gasteiger partial charge in [0.2, 0.25) is 5.91 Å². The van der Waals surface area contributed by atoms with Gasteiger partial charge in [-0.3, -0.25) is 9.59 Å². The second kappa shape index (κ2) is 5.00. The molecule has 4 heteroatoms. The summed E-state index contributed by atoms with van der Waals surface area (Å²) in [6.45, 7) is 8.32. The smallest absolute Gasteiger partial charge is 0.243 e. The van der Waals surface area contributed by atoms with Crippen LogP contribution in [0, 0.1) is 0 Å². The van der Waals surface area contributed by atoms with Crippen LogP contribution in [-0.2, 0) is 4.79 Å². The molecule has 0 aromatic heterocycles. The molecule has 1 amide bonds. The van der Waals surface area contributed by atoms with Crippen LogP contribution in [0.4, 0.5) is 5.69 Å². The van der Waals surface area contributed by atoms with Crippen molar-refractivity contribution >= 4 is 29.1 Å². The van der Waals surface area contributed by atoms with E-state index in [4.69, 9.17) is 0 Å². The predicted molar refractivity (Wildman–Crippen MR) is 79.0 cm³/mol. The highest BCUT2D eigenvalue weighted by atomic mass is 32.2. The molecule has 0 unspecified atom stereocenters. The first kappa shape index (κ1) is 14.1. The Hall–Kier alpha value is -1.29. The highest BCUT2D eigenvalue weighted by Crippen LogP contribution is 2.45. The number of nitrogens with zero attached hydrogens (tertiary/aromatic N) is 1. The number of carbonyl (C=O) groups excluding carboxylic acids is 2. The maximum atomic E-state index is 12.4. The Labute approximate surface area is 118 Å². The number of Topliss-reactive ketones (excluding diaryl/α,β-unsaturated/α-hetero) is 1. The van der Waals surface area contributed by atoms with Gasteiger partial charge in [-0.2, -0.15) is 0 Å². The van der Waals surface area contributed by atoms with E-state index >= 15 is 0 Å². The lowest BCUT2D eigenvalue weighted by molar-refractivity contribution is -0.120. The van der Waals surface area contributed by atoms with E-state index in [0.717, 1.165) is 10.6 Å². The fourth-order valence-corrected chi connectivity index (χ4v) is 3.42. The number of amides is 1. The standard InChI is InChI=1S/C15H19NO2S/c1-5-12(17)10-7-8-13-11(9-10)16(6-2)14(18)15(3,4)19-13/h7-9H,5-6H2,1-4H3. The highest BCUT2D eigenvalue weighted by molar-refractivity contribution is 8.01. The number of hydrogen-bond acceptors (Lipinski definition) is 3. The van der Waals surface area contributed by atoms with E-state index in [-0.39, 0.29) is 11.7 Å². The summed E-state index contributed by atoms with van der Waals surface area (Å²) in [5, 5.41) is 0. The lowest BCUT2D eigenvalue weighted by Gasteiger charge is -2.37. The van der Waals surface area contributed by atoms with Crippen molar-refractivity contribution in [3.8, 4) is 0 Å². The lowest BCUT2D eigenvalue weighted by atomic mass is 10.1. The number of hydrogen-bond donors (Lipinski definition) is 0. The summed E-state index contributed by atoms with van der Waals surface area (Å²) in [6.07, 6.45) is 0.484. The normalized spacial score (nSPS) is 17.3. The maximum Gasteiger partial charge on any atom is 0.243 e. The Morgan fingerprint density at radius 3 is 2.58 bits per heavy atom. The molecule has 19 heavy (non-hydrogen) atoms. The summed E-state index contributed by atoms with van der Waals surface area (Å²) in [7, 11) is 0. The number of anilines is 1. The van der Waals surface area contributed by atoms with Crippen molar-refractivity contribution in [1.82, 2.24) is 0 Å². The van der Waals surface area contributed by atoms with E-state index in [1.165, 1.54) is 0 Å². The van der Waals surface area contributed by atoms with Gasteiger partial charge in [0, 0.05) is 23.4 Å². The van der Waals surface area contributed by atoms with E-state index in [1.54, 1.807) is 16.7 Å². The first-order valence-corrected chi connectivity index (χ1v) is 7.40. The van der Waals surface area contributed by atoms with Crippen molar-refractivity contribution in [2.75, 3.05) is 11.4 Å². The first-order valence-electron chi connectivity index (χ1n) is 6.59. The number of thioether (sulfide) groups is 1. The summed E-state index contributed by atoms with van der Waals surface area (Å²) in [5.74, 6) is 0.217. The molecule has 0 N–H and O–H groups in total. The average Bonchev–Trinajstić information content (AvgIpc) is 2.38. The van der Waals surface area contributed by atoms with E-state index in [2.05, 4.69) is 0 Å². The second-order valence-corrected chi connectivity index (χ2v) is 6.79. The third-order valence-electron chi connectivity index (χ3n) is 3.33.